The van der Waals surface area contributed by atoms with Crippen molar-refractivity contribution in [1.82, 2.24) is 4.90 Å². The lowest BCUT2D eigenvalue weighted by atomic mass is 10.0. The van der Waals surface area contributed by atoms with Gasteiger partial charge in [-0.05, 0) is 37.0 Å². The van der Waals surface area contributed by atoms with E-state index in [-0.39, 0.29) is 11.9 Å². The third-order valence-corrected chi connectivity index (χ3v) is 3.42. The van der Waals surface area contributed by atoms with Crippen molar-refractivity contribution in [3.8, 4) is 0 Å². The summed E-state index contributed by atoms with van der Waals surface area (Å²) in [5.41, 5.74) is 6.45. The first kappa shape index (κ1) is 13.9. The summed E-state index contributed by atoms with van der Waals surface area (Å²) in [6.07, 6.45) is 2.60. The van der Waals surface area contributed by atoms with Crippen LogP contribution in [0.15, 0.2) is 18.2 Å². The van der Waals surface area contributed by atoms with Crippen LogP contribution in [0, 0.1) is 11.6 Å². The number of hydrogen-bond donors (Lipinski definition) is 1. The Labute approximate surface area is 111 Å². The number of nitrogens with zero attached hydrogens (tertiary/aromatic N) is 1. The van der Waals surface area contributed by atoms with Crippen LogP contribution in [-0.4, -0.2) is 29.9 Å². The normalized spacial score (nSPS) is 19.5. The number of likely N-dealkylation sites (tertiary alicyclic amines) is 1. The lowest BCUT2D eigenvalue weighted by molar-refractivity contribution is -0.132. The smallest absolute Gasteiger partial charge is 0.222 e. The summed E-state index contributed by atoms with van der Waals surface area (Å²) in [6, 6.07) is 3.80. The van der Waals surface area contributed by atoms with Gasteiger partial charge in [0, 0.05) is 25.6 Å². The number of amides is 1. The van der Waals surface area contributed by atoms with Crippen molar-refractivity contribution in [2.75, 3.05) is 13.1 Å². The van der Waals surface area contributed by atoms with Crippen LogP contribution in [-0.2, 0) is 11.2 Å². The second kappa shape index (κ2) is 6.10. The number of benzene rings is 1. The third kappa shape index (κ3) is 3.73. The van der Waals surface area contributed by atoms with Crippen molar-refractivity contribution < 1.29 is 13.6 Å². The van der Waals surface area contributed by atoms with E-state index in [1.165, 1.54) is 6.07 Å². The lowest BCUT2D eigenvalue weighted by Gasteiger charge is -2.30. The summed E-state index contributed by atoms with van der Waals surface area (Å²) in [5, 5.41) is 0. The van der Waals surface area contributed by atoms with E-state index < -0.39 is 11.6 Å². The van der Waals surface area contributed by atoms with E-state index in [4.69, 9.17) is 5.73 Å². The Kier molecular flexibility index (Phi) is 4.47. The predicted molar refractivity (Wildman–Crippen MR) is 68.5 cm³/mol. The fourth-order valence-corrected chi connectivity index (χ4v) is 2.34. The summed E-state index contributed by atoms with van der Waals surface area (Å²) in [5.74, 6) is -1.71. The van der Waals surface area contributed by atoms with Crippen LogP contribution in [0.5, 0.6) is 0 Å². The van der Waals surface area contributed by atoms with Crippen molar-refractivity contribution >= 4 is 5.91 Å². The van der Waals surface area contributed by atoms with Gasteiger partial charge in [-0.2, -0.15) is 0 Å². The summed E-state index contributed by atoms with van der Waals surface area (Å²) < 4.78 is 25.8. The minimum Gasteiger partial charge on any atom is -0.341 e. The van der Waals surface area contributed by atoms with E-state index >= 15 is 0 Å². The zero-order valence-electron chi connectivity index (χ0n) is 10.7. The molecule has 2 N–H and O–H groups in total. The van der Waals surface area contributed by atoms with Crippen molar-refractivity contribution in [3.63, 3.8) is 0 Å². The van der Waals surface area contributed by atoms with Gasteiger partial charge in [0.1, 0.15) is 0 Å². The van der Waals surface area contributed by atoms with E-state index in [1.807, 2.05) is 0 Å². The number of aryl methyl sites for hydroxylation is 1. The van der Waals surface area contributed by atoms with Crippen LogP contribution < -0.4 is 5.73 Å². The number of halogens is 2. The third-order valence-electron chi connectivity index (χ3n) is 3.42. The Hall–Kier alpha value is -1.49. The molecule has 1 aliphatic heterocycles. The topological polar surface area (TPSA) is 46.3 Å². The molecule has 2 rings (SSSR count). The average molecular weight is 268 g/mol. The quantitative estimate of drug-likeness (QED) is 0.909. The molecule has 5 heteroatoms. The number of rotatable bonds is 3. The van der Waals surface area contributed by atoms with Crippen molar-refractivity contribution in [2.45, 2.75) is 31.7 Å². The lowest BCUT2D eigenvalue weighted by Crippen LogP contribution is -2.45. The molecule has 1 saturated heterocycles. The first-order chi connectivity index (χ1) is 9.06. The Morgan fingerprint density at radius 2 is 2.16 bits per heavy atom. The highest BCUT2D eigenvalue weighted by atomic mass is 19.2. The predicted octanol–water partition coefficient (Wildman–Crippen LogP) is 1.85. The first-order valence-corrected chi connectivity index (χ1v) is 6.53. The molecular formula is C14H18F2N2O. The number of carbonyl (C=O) groups excluding carboxylic acids is 1. The molecule has 0 aromatic heterocycles. The molecule has 1 aromatic carbocycles. The molecule has 0 radical (unpaired) electrons. The van der Waals surface area contributed by atoms with Gasteiger partial charge in [-0.25, -0.2) is 8.78 Å². The summed E-state index contributed by atoms with van der Waals surface area (Å²) >= 11 is 0. The maximum atomic E-state index is 13.0. The van der Waals surface area contributed by atoms with E-state index in [0.717, 1.165) is 31.5 Å². The van der Waals surface area contributed by atoms with Gasteiger partial charge in [0.25, 0.3) is 0 Å². The minimum absolute atomic E-state index is 0.0277. The molecule has 3 nitrogen and oxygen atoms in total. The van der Waals surface area contributed by atoms with Gasteiger partial charge in [-0.3, -0.25) is 4.79 Å². The number of carbonyl (C=O) groups is 1. The second-order valence-corrected chi connectivity index (χ2v) is 4.99. The van der Waals surface area contributed by atoms with E-state index in [1.54, 1.807) is 4.90 Å². The maximum absolute atomic E-state index is 13.0. The molecule has 104 valence electrons. The summed E-state index contributed by atoms with van der Waals surface area (Å²) in [4.78, 5) is 13.7. The molecule has 0 saturated carbocycles. The largest absolute Gasteiger partial charge is 0.341 e. The van der Waals surface area contributed by atoms with Crippen LogP contribution in [0.4, 0.5) is 8.78 Å². The molecule has 1 aliphatic rings. The molecule has 0 aliphatic carbocycles. The maximum Gasteiger partial charge on any atom is 0.222 e. The van der Waals surface area contributed by atoms with Gasteiger partial charge in [-0.1, -0.05) is 6.07 Å². The molecular weight excluding hydrogens is 250 g/mol. The molecule has 1 atom stereocenters. The van der Waals surface area contributed by atoms with Gasteiger partial charge in [0.15, 0.2) is 11.6 Å². The number of hydrogen-bond acceptors (Lipinski definition) is 2. The van der Waals surface area contributed by atoms with Crippen LogP contribution >= 0.6 is 0 Å². The summed E-state index contributed by atoms with van der Waals surface area (Å²) in [6.45, 7) is 1.33. The Balaban J connectivity index is 1.87. The minimum atomic E-state index is -0.870. The van der Waals surface area contributed by atoms with Crippen LogP contribution in [0.3, 0.4) is 0 Å². The Morgan fingerprint density at radius 3 is 2.84 bits per heavy atom. The Morgan fingerprint density at radius 1 is 1.37 bits per heavy atom. The fraction of sp³-hybridized carbons (Fsp3) is 0.500. The first-order valence-electron chi connectivity index (χ1n) is 6.53. The fourth-order valence-electron chi connectivity index (χ4n) is 2.34. The molecule has 1 fully saturated rings. The highest BCUT2D eigenvalue weighted by Crippen LogP contribution is 2.13. The van der Waals surface area contributed by atoms with Gasteiger partial charge in [0.05, 0.1) is 0 Å². The molecule has 19 heavy (non-hydrogen) atoms. The van der Waals surface area contributed by atoms with Crippen molar-refractivity contribution in [1.29, 1.82) is 0 Å². The molecule has 1 amide bonds. The standard InChI is InChI=1S/C14H18F2N2O/c15-12-5-3-10(8-13(12)16)4-6-14(19)18-7-1-2-11(17)9-18/h3,5,8,11H,1-2,4,6-7,9,17H2. The molecule has 1 unspecified atom stereocenters. The van der Waals surface area contributed by atoms with Crippen LogP contribution in [0.2, 0.25) is 0 Å². The SMILES string of the molecule is NC1CCCN(C(=O)CCc2ccc(F)c(F)c2)C1. The van der Waals surface area contributed by atoms with Gasteiger partial charge in [-0.15, -0.1) is 0 Å². The van der Waals surface area contributed by atoms with Crippen LogP contribution in [0.25, 0.3) is 0 Å². The number of piperidine rings is 1. The molecule has 1 heterocycles. The summed E-state index contributed by atoms with van der Waals surface area (Å²) in [7, 11) is 0. The van der Waals surface area contributed by atoms with E-state index in [2.05, 4.69) is 0 Å². The number of nitrogens with two attached hydrogens (primary N) is 1. The second-order valence-electron chi connectivity index (χ2n) is 4.99. The molecule has 0 bridgehead atoms. The van der Waals surface area contributed by atoms with Crippen molar-refractivity contribution in [3.05, 3.63) is 35.4 Å². The van der Waals surface area contributed by atoms with E-state index in [0.29, 0.717) is 24.9 Å². The zero-order valence-corrected chi connectivity index (χ0v) is 10.7. The monoisotopic (exact) mass is 268 g/mol. The van der Waals surface area contributed by atoms with Crippen molar-refractivity contribution in [2.24, 2.45) is 5.73 Å². The molecule has 0 spiro atoms. The zero-order chi connectivity index (χ0) is 13.8. The van der Waals surface area contributed by atoms with Gasteiger partial charge < -0.3 is 10.6 Å². The van der Waals surface area contributed by atoms with Crippen LogP contribution in [0.1, 0.15) is 24.8 Å². The highest BCUT2D eigenvalue weighted by molar-refractivity contribution is 5.76. The van der Waals surface area contributed by atoms with E-state index in [9.17, 15) is 13.6 Å². The molecule has 1 aromatic rings. The van der Waals surface area contributed by atoms with Gasteiger partial charge in [0.2, 0.25) is 5.91 Å². The van der Waals surface area contributed by atoms with Gasteiger partial charge >= 0.3 is 0 Å². The highest BCUT2D eigenvalue weighted by Gasteiger charge is 2.20. The Bertz CT molecular complexity index is 465. The average Bonchev–Trinajstić information content (AvgIpc) is 2.40.